The van der Waals surface area contributed by atoms with E-state index in [4.69, 9.17) is 25.8 Å². The van der Waals surface area contributed by atoms with Crippen LogP contribution < -0.4 is 0 Å². The first kappa shape index (κ1) is 16.8. The predicted octanol–water partition coefficient (Wildman–Crippen LogP) is 0.773. The number of allylic oxidation sites excluding steroid dienone is 1. The van der Waals surface area contributed by atoms with Crippen molar-refractivity contribution in [2.45, 2.75) is 56.7 Å². The first-order valence-corrected chi connectivity index (χ1v) is 8.91. The number of carbonyl (C=O) groups excluding carboxylic acids is 1. The average Bonchev–Trinajstić information content (AvgIpc) is 3.35. The minimum atomic E-state index is -1.01. The molecule has 3 fully saturated rings. The molecule has 2 bridgehead atoms. The van der Waals surface area contributed by atoms with Crippen molar-refractivity contribution in [1.82, 2.24) is 0 Å². The summed E-state index contributed by atoms with van der Waals surface area (Å²) in [7, 11) is 0. The summed E-state index contributed by atoms with van der Waals surface area (Å²) in [5.41, 5.74) is -0.944. The molecule has 2 N–H and O–H groups in total. The van der Waals surface area contributed by atoms with Gasteiger partial charge in [0.25, 0.3) is 0 Å². The lowest BCUT2D eigenvalue weighted by Crippen LogP contribution is -2.66. The van der Waals surface area contributed by atoms with Crippen LogP contribution in [0.15, 0.2) is 11.6 Å². The maximum Gasteiger partial charge on any atom is 0.321 e. The van der Waals surface area contributed by atoms with Gasteiger partial charge in [-0.15, -0.1) is 11.6 Å². The maximum atomic E-state index is 11.9. The van der Waals surface area contributed by atoms with Crippen LogP contribution in [0.4, 0.5) is 0 Å². The molecular weight excluding hydrogens is 336 g/mol. The van der Waals surface area contributed by atoms with E-state index in [9.17, 15) is 15.0 Å². The normalized spacial score (nSPS) is 52.0. The topological polar surface area (TPSA) is 88.5 Å². The van der Waals surface area contributed by atoms with Crippen molar-refractivity contribution in [2.75, 3.05) is 19.1 Å². The second-order valence-electron chi connectivity index (χ2n) is 7.72. The number of hydrogen-bond acceptors (Lipinski definition) is 6. The van der Waals surface area contributed by atoms with Crippen LogP contribution >= 0.6 is 11.6 Å². The number of aliphatic hydroxyl groups is 2. The third-order valence-corrected chi connectivity index (χ3v) is 7.12. The summed E-state index contributed by atoms with van der Waals surface area (Å²) >= 11 is 5.60. The Kier molecular flexibility index (Phi) is 3.62. The number of epoxide rings is 1. The van der Waals surface area contributed by atoms with Gasteiger partial charge < -0.3 is 24.4 Å². The van der Waals surface area contributed by atoms with Crippen LogP contribution in [-0.2, 0) is 19.0 Å². The summed E-state index contributed by atoms with van der Waals surface area (Å²) in [6, 6.07) is 0. The second kappa shape index (κ2) is 5.17. The lowest BCUT2D eigenvalue weighted by atomic mass is 9.51. The molecule has 134 valence electrons. The molecule has 7 atom stereocenters. The van der Waals surface area contributed by atoms with Crippen LogP contribution in [0.2, 0.25) is 0 Å². The quantitative estimate of drug-likeness (QED) is 0.335. The number of rotatable bonds is 3. The fourth-order valence-corrected chi connectivity index (χ4v) is 5.45. The second-order valence-corrected chi connectivity index (χ2v) is 7.99. The highest BCUT2D eigenvalue weighted by molar-refractivity contribution is 6.26. The molecule has 6 nitrogen and oxygen atoms in total. The summed E-state index contributed by atoms with van der Waals surface area (Å²) in [5, 5.41) is 21.2. The van der Waals surface area contributed by atoms with Gasteiger partial charge in [0.1, 0.15) is 29.8 Å². The Morgan fingerprint density at radius 1 is 1.54 bits per heavy atom. The van der Waals surface area contributed by atoms with Gasteiger partial charge in [0.2, 0.25) is 0 Å². The van der Waals surface area contributed by atoms with Crippen molar-refractivity contribution in [2.24, 2.45) is 10.8 Å². The van der Waals surface area contributed by atoms with Crippen molar-refractivity contribution in [3.63, 3.8) is 0 Å². The lowest BCUT2D eigenvalue weighted by Gasteiger charge is -2.57. The standard InChI is InChI=1S/C17H23ClO6/c1-9-3-4-16(7-19)10(5-9)23-14-12(21)13(24-11(20)6-18)15(16,2)17(14)8-22-17/h5,10,12-14,19,21H,3-4,6-8H2,1-2H3/t10-,12-,13-,14-,15-,16-,17+/m1/s1. The van der Waals surface area contributed by atoms with Crippen LogP contribution in [0.1, 0.15) is 26.7 Å². The van der Waals surface area contributed by atoms with Gasteiger partial charge in [-0.05, 0) is 19.8 Å². The largest absolute Gasteiger partial charge is 0.458 e. The van der Waals surface area contributed by atoms with Gasteiger partial charge in [-0.3, -0.25) is 4.79 Å². The van der Waals surface area contributed by atoms with Crippen LogP contribution in [0.3, 0.4) is 0 Å². The van der Waals surface area contributed by atoms with Crippen molar-refractivity contribution >= 4 is 17.6 Å². The van der Waals surface area contributed by atoms with Gasteiger partial charge in [0, 0.05) is 5.41 Å². The third kappa shape index (κ3) is 1.73. The zero-order chi connectivity index (χ0) is 17.3. The van der Waals surface area contributed by atoms with Crippen molar-refractivity contribution in [3.05, 3.63) is 11.6 Å². The molecule has 2 aliphatic carbocycles. The average molecular weight is 359 g/mol. The van der Waals surface area contributed by atoms with Crippen molar-refractivity contribution in [1.29, 1.82) is 0 Å². The van der Waals surface area contributed by atoms with E-state index in [1.807, 2.05) is 19.9 Å². The van der Waals surface area contributed by atoms with Gasteiger partial charge in [-0.2, -0.15) is 0 Å². The van der Waals surface area contributed by atoms with Gasteiger partial charge in [0.05, 0.1) is 24.7 Å². The zero-order valence-corrected chi connectivity index (χ0v) is 14.6. The SMILES string of the molecule is CC1=C[C@H]2O[C@@H]3[C@H](O)[C@@H](OC(=O)CCl)[C@](C)([C@@]2(CO)CC1)[C@]31CO1. The molecule has 24 heavy (non-hydrogen) atoms. The third-order valence-electron chi connectivity index (χ3n) is 6.91. The number of aliphatic hydroxyl groups excluding tert-OH is 2. The number of alkyl halides is 1. The molecule has 2 heterocycles. The fourth-order valence-electron chi connectivity index (χ4n) is 5.39. The molecule has 0 aromatic rings. The molecule has 0 aromatic heterocycles. The molecule has 0 aromatic carbocycles. The summed E-state index contributed by atoms with van der Waals surface area (Å²) in [6.07, 6.45) is 0.791. The van der Waals surface area contributed by atoms with E-state index in [2.05, 4.69) is 0 Å². The van der Waals surface area contributed by atoms with Crippen molar-refractivity contribution < 1.29 is 29.2 Å². The highest BCUT2D eigenvalue weighted by atomic mass is 35.5. The van der Waals surface area contributed by atoms with E-state index in [1.54, 1.807) is 0 Å². The minimum absolute atomic E-state index is 0.128. The number of fused-ring (bicyclic) bond motifs is 2. The highest BCUT2D eigenvalue weighted by Crippen LogP contribution is 2.71. The molecule has 0 amide bonds. The number of esters is 1. The Morgan fingerprint density at radius 3 is 2.83 bits per heavy atom. The van der Waals surface area contributed by atoms with Crippen LogP contribution in [-0.4, -0.2) is 65.3 Å². The summed E-state index contributed by atoms with van der Waals surface area (Å²) in [4.78, 5) is 11.9. The van der Waals surface area contributed by atoms with Crippen molar-refractivity contribution in [3.8, 4) is 0 Å². The Morgan fingerprint density at radius 2 is 2.25 bits per heavy atom. The smallest absolute Gasteiger partial charge is 0.321 e. The van der Waals surface area contributed by atoms with Gasteiger partial charge >= 0.3 is 5.97 Å². The van der Waals surface area contributed by atoms with Gasteiger partial charge in [-0.25, -0.2) is 0 Å². The van der Waals surface area contributed by atoms with E-state index >= 15 is 0 Å². The Labute approximate surface area is 145 Å². The first-order valence-electron chi connectivity index (χ1n) is 8.37. The van der Waals surface area contributed by atoms with E-state index in [1.165, 1.54) is 5.57 Å². The molecular formula is C17H23ClO6. The number of ether oxygens (including phenoxy) is 3. The molecule has 0 unspecified atom stereocenters. The maximum absolute atomic E-state index is 11.9. The summed E-state index contributed by atoms with van der Waals surface area (Å²) < 4.78 is 17.6. The monoisotopic (exact) mass is 358 g/mol. The number of halogens is 1. The molecule has 4 rings (SSSR count). The fraction of sp³-hybridized carbons (Fsp3) is 0.824. The first-order chi connectivity index (χ1) is 11.4. The lowest BCUT2D eigenvalue weighted by molar-refractivity contribution is -0.229. The Balaban J connectivity index is 1.85. The zero-order valence-electron chi connectivity index (χ0n) is 13.8. The van der Waals surface area contributed by atoms with E-state index < -0.39 is 40.7 Å². The molecule has 1 saturated carbocycles. The van der Waals surface area contributed by atoms with Crippen LogP contribution in [0.25, 0.3) is 0 Å². The molecule has 2 aliphatic heterocycles. The van der Waals surface area contributed by atoms with Gasteiger partial charge in [-0.1, -0.05) is 18.6 Å². The molecule has 2 saturated heterocycles. The predicted molar refractivity (Wildman–Crippen MR) is 84.6 cm³/mol. The molecule has 0 radical (unpaired) electrons. The highest BCUT2D eigenvalue weighted by Gasteiger charge is 2.85. The summed E-state index contributed by atoms with van der Waals surface area (Å²) in [6.45, 7) is 4.29. The Bertz CT molecular complexity index is 602. The number of hydrogen-bond donors (Lipinski definition) is 2. The van der Waals surface area contributed by atoms with E-state index in [0.29, 0.717) is 13.0 Å². The van der Waals surface area contributed by atoms with E-state index in [-0.39, 0.29) is 18.6 Å². The minimum Gasteiger partial charge on any atom is -0.458 e. The molecule has 4 aliphatic rings. The van der Waals surface area contributed by atoms with Crippen LogP contribution in [0.5, 0.6) is 0 Å². The Hall–Kier alpha value is -0.660. The van der Waals surface area contributed by atoms with Crippen LogP contribution in [0, 0.1) is 10.8 Å². The van der Waals surface area contributed by atoms with Gasteiger partial charge in [0.15, 0.2) is 0 Å². The summed E-state index contributed by atoms with van der Waals surface area (Å²) in [5.74, 6) is -0.870. The van der Waals surface area contributed by atoms with E-state index in [0.717, 1.165) is 6.42 Å². The molecule has 7 heteroatoms. The molecule has 1 spiro atoms. The number of carbonyl (C=O) groups is 1.